The maximum absolute atomic E-state index is 6.30. The van der Waals surface area contributed by atoms with E-state index in [9.17, 15) is 0 Å². The predicted octanol–water partition coefficient (Wildman–Crippen LogP) is 4.05. The van der Waals surface area contributed by atoms with E-state index in [1.54, 1.807) is 0 Å². The zero-order valence-electron chi connectivity index (χ0n) is 13.2. The van der Waals surface area contributed by atoms with Gasteiger partial charge in [0.1, 0.15) is 0 Å². The number of halogens is 1. The molecule has 2 nitrogen and oxygen atoms in total. The molecule has 0 unspecified atom stereocenters. The van der Waals surface area contributed by atoms with Crippen molar-refractivity contribution in [2.75, 3.05) is 20.6 Å². The minimum Gasteiger partial charge on any atom is -0.312 e. The standard InChI is InChI=1S/C18H27ClN2/c1-21(2)18(9-5-6-10-18)13-20-15-11-14(12-15)16-7-3-4-8-17(16)19/h3-4,7-8,14-15,20H,5-6,9-13H2,1-2H3. The molecule has 0 bridgehead atoms. The van der Waals surface area contributed by atoms with Crippen LogP contribution in [0.15, 0.2) is 24.3 Å². The van der Waals surface area contributed by atoms with Gasteiger partial charge in [-0.25, -0.2) is 0 Å². The Balaban J connectivity index is 1.50. The summed E-state index contributed by atoms with van der Waals surface area (Å²) in [5.41, 5.74) is 1.73. The summed E-state index contributed by atoms with van der Waals surface area (Å²) >= 11 is 6.30. The lowest BCUT2D eigenvalue weighted by atomic mass is 9.75. The van der Waals surface area contributed by atoms with Gasteiger partial charge in [-0.2, -0.15) is 0 Å². The van der Waals surface area contributed by atoms with E-state index in [0.29, 0.717) is 17.5 Å². The molecule has 2 aliphatic rings. The van der Waals surface area contributed by atoms with Crippen LogP contribution in [0.3, 0.4) is 0 Å². The third kappa shape index (κ3) is 3.13. The molecule has 0 spiro atoms. The van der Waals surface area contributed by atoms with Gasteiger partial charge in [-0.05, 0) is 57.3 Å². The van der Waals surface area contributed by atoms with Crippen LogP contribution in [0.4, 0.5) is 0 Å². The Morgan fingerprint density at radius 2 is 1.86 bits per heavy atom. The summed E-state index contributed by atoms with van der Waals surface area (Å²) < 4.78 is 0. The minimum atomic E-state index is 0.398. The molecule has 0 heterocycles. The Morgan fingerprint density at radius 1 is 1.19 bits per heavy atom. The molecule has 2 fully saturated rings. The van der Waals surface area contributed by atoms with Crippen LogP contribution in [-0.4, -0.2) is 37.1 Å². The monoisotopic (exact) mass is 306 g/mol. The van der Waals surface area contributed by atoms with Crippen LogP contribution in [0.25, 0.3) is 0 Å². The summed E-state index contributed by atoms with van der Waals surface area (Å²) in [7, 11) is 4.47. The summed E-state index contributed by atoms with van der Waals surface area (Å²) in [6, 6.07) is 8.98. The zero-order valence-corrected chi connectivity index (χ0v) is 14.0. The van der Waals surface area contributed by atoms with Crippen molar-refractivity contribution < 1.29 is 0 Å². The number of hydrogen-bond acceptors (Lipinski definition) is 2. The molecule has 2 saturated carbocycles. The quantitative estimate of drug-likeness (QED) is 0.883. The SMILES string of the molecule is CN(C)C1(CNC2CC(c3ccccc3Cl)C2)CCCC1. The van der Waals surface area contributed by atoms with E-state index in [1.807, 2.05) is 12.1 Å². The zero-order chi connectivity index (χ0) is 14.9. The Bertz CT molecular complexity index is 474. The molecule has 0 amide bonds. The van der Waals surface area contributed by atoms with Crippen LogP contribution in [0, 0.1) is 0 Å². The highest BCUT2D eigenvalue weighted by Crippen LogP contribution is 2.40. The second-order valence-corrected chi connectivity index (χ2v) is 7.50. The van der Waals surface area contributed by atoms with E-state index in [-0.39, 0.29) is 0 Å². The Morgan fingerprint density at radius 3 is 2.48 bits per heavy atom. The van der Waals surface area contributed by atoms with Crippen molar-refractivity contribution in [2.45, 2.75) is 56.0 Å². The van der Waals surface area contributed by atoms with Gasteiger partial charge in [-0.15, -0.1) is 0 Å². The normalized spacial score (nSPS) is 27.8. The molecule has 1 N–H and O–H groups in total. The van der Waals surface area contributed by atoms with E-state index in [0.717, 1.165) is 11.6 Å². The van der Waals surface area contributed by atoms with E-state index >= 15 is 0 Å². The minimum absolute atomic E-state index is 0.398. The molecular weight excluding hydrogens is 280 g/mol. The molecule has 116 valence electrons. The molecule has 3 rings (SSSR count). The fraction of sp³-hybridized carbons (Fsp3) is 0.667. The van der Waals surface area contributed by atoms with Crippen molar-refractivity contribution in [1.29, 1.82) is 0 Å². The van der Waals surface area contributed by atoms with Gasteiger partial charge < -0.3 is 10.2 Å². The molecule has 1 aromatic rings. The highest BCUT2D eigenvalue weighted by molar-refractivity contribution is 6.31. The van der Waals surface area contributed by atoms with Crippen molar-refractivity contribution in [1.82, 2.24) is 10.2 Å². The molecule has 0 aliphatic heterocycles. The first-order valence-electron chi connectivity index (χ1n) is 8.26. The van der Waals surface area contributed by atoms with Gasteiger partial charge in [0.25, 0.3) is 0 Å². The van der Waals surface area contributed by atoms with Crippen LogP contribution in [0.1, 0.15) is 50.0 Å². The van der Waals surface area contributed by atoms with Crippen LogP contribution in [-0.2, 0) is 0 Å². The molecule has 0 saturated heterocycles. The van der Waals surface area contributed by atoms with E-state index in [2.05, 4.69) is 36.4 Å². The highest BCUT2D eigenvalue weighted by Gasteiger charge is 2.38. The van der Waals surface area contributed by atoms with Crippen molar-refractivity contribution in [3.8, 4) is 0 Å². The molecule has 0 atom stereocenters. The molecule has 1 aromatic carbocycles. The van der Waals surface area contributed by atoms with Gasteiger partial charge in [0.05, 0.1) is 0 Å². The lowest BCUT2D eigenvalue weighted by molar-refractivity contribution is 0.138. The lowest BCUT2D eigenvalue weighted by Gasteiger charge is -2.42. The summed E-state index contributed by atoms with van der Waals surface area (Å²) in [6.45, 7) is 1.14. The first kappa shape index (κ1) is 15.3. The Hall–Kier alpha value is -0.570. The number of rotatable bonds is 5. The Kier molecular flexibility index (Phi) is 4.58. The van der Waals surface area contributed by atoms with Crippen molar-refractivity contribution in [3.63, 3.8) is 0 Å². The second kappa shape index (κ2) is 6.28. The first-order chi connectivity index (χ1) is 10.1. The number of nitrogens with one attached hydrogen (secondary N) is 1. The van der Waals surface area contributed by atoms with Gasteiger partial charge in [0.15, 0.2) is 0 Å². The van der Waals surface area contributed by atoms with Crippen molar-refractivity contribution >= 4 is 11.6 Å². The summed E-state index contributed by atoms with van der Waals surface area (Å²) in [6.07, 6.45) is 7.90. The molecular formula is C18H27ClN2. The molecule has 0 radical (unpaired) electrons. The Labute approximate surface area is 133 Å². The molecule has 0 aromatic heterocycles. The molecule has 2 aliphatic carbocycles. The van der Waals surface area contributed by atoms with Gasteiger partial charge in [-0.3, -0.25) is 0 Å². The van der Waals surface area contributed by atoms with E-state index in [1.165, 1.54) is 44.1 Å². The number of hydrogen-bond donors (Lipinski definition) is 1. The van der Waals surface area contributed by atoms with Gasteiger partial charge >= 0.3 is 0 Å². The highest BCUT2D eigenvalue weighted by atomic mass is 35.5. The topological polar surface area (TPSA) is 15.3 Å². The maximum atomic E-state index is 6.30. The van der Waals surface area contributed by atoms with Crippen molar-refractivity contribution in [3.05, 3.63) is 34.9 Å². The maximum Gasteiger partial charge on any atom is 0.0440 e. The average molecular weight is 307 g/mol. The van der Waals surface area contributed by atoms with Crippen LogP contribution in [0.2, 0.25) is 5.02 Å². The number of likely N-dealkylation sites (N-methyl/N-ethyl adjacent to an activating group) is 1. The largest absolute Gasteiger partial charge is 0.312 e. The fourth-order valence-corrected chi connectivity index (χ4v) is 4.28. The smallest absolute Gasteiger partial charge is 0.0440 e. The molecule has 21 heavy (non-hydrogen) atoms. The summed E-state index contributed by atoms with van der Waals surface area (Å²) in [4.78, 5) is 2.44. The number of benzene rings is 1. The first-order valence-corrected chi connectivity index (χ1v) is 8.64. The fourth-order valence-electron chi connectivity index (χ4n) is 3.99. The van der Waals surface area contributed by atoms with Gasteiger partial charge in [0.2, 0.25) is 0 Å². The van der Waals surface area contributed by atoms with Gasteiger partial charge in [0, 0.05) is 23.1 Å². The van der Waals surface area contributed by atoms with Crippen LogP contribution >= 0.6 is 11.6 Å². The third-order valence-corrected chi connectivity index (χ3v) is 6.03. The average Bonchev–Trinajstić information content (AvgIpc) is 2.89. The van der Waals surface area contributed by atoms with Crippen molar-refractivity contribution in [2.24, 2.45) is 0 Å². The van der Waals surface area contributed by atoms with Gasteiger partial charge in [-0.1, -0.05) is 42.6 Å². The predicted molar refractivity (Wildman–Crippen MR) is 90.1 cm³/mol. The summed E-state index contributed by atoms with van der Waals surface area (Å²) in [5, 5.41) is 4.75. The third-order valence-electron chi connectivity index (χ3n) is 5.69. The van der Waals surface area contributed by atoms with Crippen LogP contribution in [0.5, 0.6) is 0 Å². The number of nitrogens with zero attached hydrogens (tertiary/aromatic N) is 1. The molecule has 3 heteroatoms. The van der Waals surface area contributed by atoms with E-state index < -0.39 is 0 Å². The summed E-state index contributed by atoms with van der Waals surface area (Å²) in [5.74, 6) is 0.648. The van der Waals surface area contributed by atoms with Crippen LogP contribution < -0.4 is 5.32 Å². The van der Waals surface area contributed by atoms with E-state index in [4.69, 9.17) is 11.6 Å². The lowest BCUT2D eigenvalue weighted by Crippen LogP contribution is -2.53. The second-order valence-electron chi connectivity index (χ2n) is 7.09.